The number of hydrogen-bond donors (Lipinski definition) is 2. The van der Waals surface area contributed by atoms with Crippen LogP contribution in [0.1, 0.15) is 30.6 Å². The first-order valence-corrected chi connectivity index (χ1v) is 6.97. The Morgan fingerprint density at radius 3 is 2.62 bits per heavy atom. The number of fused-ring (bicyclic) bond motifs is 1. The van der Waals surface area contributed by atoms with E-state index in [9.17, 15) is 14.7 Å². The lowest BCUT2D eigenvalue weighted by Gasteiger charge is -2.16. The number of carboxylic acid groups (broad SMARTS) is 1. The Hall–Kier alpha value is -2.30. The summed E-state index contributed by atoms with van der Waals surface area (Å²) in [6.45, 7) is 3.86. The van der Waals surface area contributed by atoms with Gasteiger partial charge in [-0.15, -0.1) is 0 Å². The topological polar surface area (TPSA) is 71.3 Å². The predicted octanol–water partition coefficient (Wildman–Crippen LogP) is 2.41. The van der Waals surface area contributed by atoms with Crippen molar-refractivity contribution in [3.05, 3.63) is 36.0 Å². The summed E-state index contributed by atoms with van der Waals surface area (Å²) < 4.78 is 1.93. The van der Waals surface area contributed by atoms with Crippen LogP contribution in [0, 0.1) is 5.92 Å². The summed E-state index contributed by atoms with van der Waals surface area (Å²) in [5.74, 6) is -1.16. The van der Waals surface area contributed by atoms with Gasteiger partial charge in [-0.3, -0.25) is 4.79 Å². The van der Waals surface area contributed by atoms with Crippen LogP contribution in [0.2, 0.25) is 0 Å². The van der Waals surface area contributed by atoms with Gasteiger partial charge in [0.1, 0.15) is 6.04 Å². The summed E-state index contributed by atoms with van der Waals surface area (Å²) in [5.41, 5.74) is 1.41. The highest BCUT2D eigenvalue weighted by Gasteiger charge is 2.21. The van der Waals surface area contributed by atoms with Crippen molar-refractivity contribution in [3.8, 4) is 0 Å². The summed E-state index contributed by atoms with van der Waals surface area (Å²) in [7, 11) is 1.91. The van der Waals surface area contributed by atoms with E-state index in [1.54, 1.807) is 12.1 Å². The van der Waals surface area contributed by atoms with E-state index in [1.807, 2.05) is 43.8 Å². The van der Waals surface area contributed by atoms with Gasteiger partial charge in [0.25, 0.3) is 5.91 Å². The summed E-state index contributed by atoms with van der Waals surface area (Å²) in [5, 5.41) is 12.8. The molecule has 0 aliphatic carbocycles. The molecule has 1 aromatic heterocycles. The first-order chi connectivity index (χ1) is 9.88. The highest BCUT2D eigenvalue weighted by molar-refractivity contribution is 5.99. The molecule has 2 N–H and O–H groups in total. The standard InChI is InChI=1S/C16H20N2O3/c1-10(2)8-13(16(20)21)17-15(19)12-5-4-11-6-7-18(3)14(11)9-12/h4-7,9-10,13H,8H2,1-3H3,(H,17,19)(H,20,21)/t13-/m1/s1. The molecule has 0 aliphatic heterocycles. The molecule has 0 aliphatic rings. The van der Waals surface area contributed by atoms with Crippen LogP contribution in [0.15, 0.2) is 30.5 Å². The van der Waals surface area contributed by atoms with Crippen molar-refractivity contribution in [3.63, 3.8) is 0 Å². The van der Waals surface area contributed by atoms with Gasteiger partial charge < -0.3 is 15.0 Å². The third-order valence-corrected chi connectivity index (χ3v) is 3.46. The molecule has 5 heteroatoms. The number of nitrogens with one attached hydrogen (secondary N) is 1. The average molecular weight is 288 g/mol. The number of nitrogens with zero attached hydrogens (tertiary/aromatic N) is 1. The number of aromatic nitrogens is 1. The van der Waals surface area contributed by atoms with Gasteiger partial charge in [-0.2, -0.15) is 0 Å². The normalized spacial score (nSPS) is 12.6. The van der Waals surface area contributed by atoms with Crippen molar-refractivity contribution in [1.82, 2.24) is 9.88 Å². The number of aliphatic carboxylic acids is 1. The maximum atomic E-state index is 12.2. The maximum absolute atomic E-state index is 12.2. The van der Waals surface area contributed by atoms with Crippen LogP contribution < -0.4 is 5.32 Å². The summed E-state index contributed by atoms with van der Waals surface area (Å²) in [6.07, 6.45) is 2.33. The number of carbonyl (C=O) groups is 2. The molecule has 1 amide bonds. The summed E-state index contributed by atoms with van der Waals surface area (Å²) in [6, 6.07) is 6.46. The monoisotopic (exact) mass is 288 g/mol. The van der Waals surface area contributed by atoms with Crippen molar-refractivity contribution < 1.29 is 14.7 Å². The van der Waals surface area contributed by atoms with Gasteiger partial charge in [-0.1, -0.05) is 19.9 Å². The number of hydrogen-bond acceptors (Lipinski definition) is 2. The van der Waals surface area contributed by atoms with Crippen LogP contribution in [0.3, 0.4) is 0 Å². The predicted molar refractivity (Wildman–Crippen MR) is 81.3 cm³/mol. The van der Waals surface area contributed by atoms with E-state index in [0.717, 1.165) is 10.9 Å². The van der Waals surface area contributed by atoms with Gasteiger partial charge in [-0.25, -0.2) is 4.79 Å². The molecule has 1 heterocycles. The molecule has 21 heavy (non-hydrogen) atoms. The summed E-state index contributed by atoms with van der Waals surface area (Å²) >= 11 is 0. The molecular weight excluding hydrogens is 268 g/mol. The lowest BCUT2D eigenvalue weighted by molar-refractivity contribution is -0.139. The molecule has 1 atom stereocenters. The average Bonchev–Trinajstić information content (AvgIpc) is 2.78. The molecular formula is C16H20N2O3. The van der Waals surface area contributed by atoms with Crippen LogP contribution in [-0.2, 0) is 11.8 Å². The van der Waals surface area contributed by atoms with Gasteiger partial charge in [0.15, 0.2) is 0 Å². The van der Waals surface area contributed by atoms with Gasteiger partial charge in [0.2, 0.25) is 0 Å². The molecule has 0 saturated heterocycles. The molecule has 5 nitrogen and oxygen atoms in total. The molecule has 0 radical (unpaired) electrons. The SMILES string of the molecule is CC(C)C[C@@H](NC(=O)c1ccc2ccn(C)c2c1)C(=O)O. The largest absolute Gasteiger partial charge is 0.480 e. The van der Waals surface area contributed by atoms with Gasteiger partial charge >= 0.3 is 5.97 Å². The second-order valence-electron chi connectivity index (χ2n) is 5.69. The number of rotatable bonds is 5. The minimum absolute atomic E-state index is 0.196. The molecule has 0 saturated carbocycles. The molecule has 0 spiro atoms. The molecule has 112 valence electrons. The molecule has 0 bridgehead atoms. The molecule has 1 aromatic carbocycles. The fourth-order valence-corrected chi connectivity index (χ4v) is 2.34. The lowest BCUT2D eigenvalue weighted by atomic mass is 10.0. The van der Waals surface area contributed by atoms with E-state index >= 15 is 0 Å². The van der Waals surface area contributed by atoms with Crippen LogP contribution in [-0.4, -0.2) is 27.6 Å². The van der Waals surface area contributed by atoms with Gasteiger partial charge in [-0.05, 0) is 35.9 Å². The Bertz CT molecular complexity index is 673. The number of amides is 1. The van der Waals surface area contributed by atoms with E-state index in [2.05, 4.69) is 5.32 Å². The van der Waals surface area contributed by atoms with E-state index in [-0.39, 0.29) is 11.8 Å². The van der Waals surface area contributed by atoms with E-state index in [0.29, 0.717) is 12.0 Å². The van der Waals surface area contributed by atoms with E-state index in [1.165, 1.54) is 0 Å². The van der Waals surface area contributed by atoms with Crippen LogP contribution >= 0.6 is 0 Å². The van der Waals surface area contributed by atoms with Crippen molar-refractivity contribution >= 4 is 22.8 Å². The van der Waals surface area contributed by atoms with Gasteiger partial charge in [0.05, 0.1) is 0 Å². The van der Waals surface area contributed by atoms with E-state index < -0.39 is 12.0 Å². The number of carboxylic acids is 1. The minimum atomic E-state index is -1.00. The Morgan fingerprint density at radius 2 is 2.00 bits per heavy atom. The maximum Gasteiger partial charge on any atom is 0.326 e. The zero-order valence-corrected chi connectivity index (χ0v) is 12.5. The van der Waals surface area contributed by atoms with Crippen molar-refractivity contribution in [2.24, 2.45) is 13.0 Å². The first kappa shape index (κ1) is 15.1. The second-order valence-corrected chi connectivity index (χ2v) is 5.69. The zero-order valence-electron chi connectivity index (χ0n) is 12.5. The lowest BCUT2D eigenvalue weighted by Crippen LogP contribution is -2.41. The Balaban J connectivity index is 2.20. The fourth-order valence-electron chi connectivity index (χ4n) is 2.34. The van der Waals surface area contributed by atoms with Crippen molar-refractivity contribution in [2.75, 3.05) is 0 Å². The van der Waals surface area contributed by atoms with Crippen molar-refractivity contribution in [1.29, 1.82) is 0 Å². The van der Waals surface area contributed by atoms with Gasteiger partial charge in [0, 0.05) is 24.3 Å². The Morgan fingerprint density at radius 1 is 1.29 bits per heavy atom. The van der Waals surface area contributed by atoms with Crippen LogP contribution in [0.25, 0.3) is 10.9 Å². The van der Waals surface area contributed by atoms with Crippen LogP contribution in [0.4, 0.5) is 0 Å². The molecule has 2 rings (SSSR count). The minimum Gasteiger partial charge on any atom is -0.480 e. The number of carbonyl (C=O) groups excluding carboxylic acids is 1. The Kier molecular flexibility index (Phi) is 4.31. The molecule has 2 aromatic rings. The second kappa shape index (κ2) is 5.99. The van der Waals surface area contributed by atoms with Crippen LogP contribution in [0.5, 0.6) is 0 Å². The Labute approximate surface area is 123 Å². The highest BCUT2D eigenvalue weighted by atomic mass is 16.4. The summed E-state index contributed by atoms with van der Waals surface area (Å²) in [4.78, 5) is 23.4. The molecule has 0 fully saturated rings. The zero-order chi connectivity index (χ0) is 15.6. The molecule has 0 unspecified atom stereocenters. The smallest absolute Gasteiger partial charge is 0.326 e. The fraction of sp³-hybridized carbons (Fsp3) is 0.375. The third kappa shape index (κ3) is 3.42. The van der Waals surface area contributed by atoms with E-state index in [4.69, 9.17) is 0 Å². The third-order valence-electron chi connectivity index (χ3n) is 3.46. The number of aryl methyl sites for hydroxylation is 1. The first-order valence-electron chi connectivity index (χ1n) is 6.97. The highest BCUT2D eigenvalue weighted by Crippen LogP contribution is 2.17. The quantitative estimate of drug-likeness (QED) is 0.887. The van der Waals surface area contributed by atoms with Crippen molar-refractivity contribution in [2.45, 2.75) is 26.3 Å². The number of benzene rings is 1.